The molecule has 0 aliphatic heterocycles. The Morgan fingerprint density at radius 1 is 1.29 bits per heavy atom. The Balaban J connectivity index is 1.88. The molecule has 1 N–H and O–H groups in total. The number of hydrogen-bond acceptors (Lipinski definition) is 4. The van der Waals surface area contributed by atoms with Crippen molar-refractivity contribution < 1.29 is 0 Å². The van der Waals surface area contributed by atoms with Crippen LogP contribution in [0.25, 0.3) is 11.2 Å². The largest absolute Gasteiger partial charge is 0.328 e. The van der Waals surface area contributed by atoms with Gasteiger partial charge < -0.3 is 4.98 Å². The zero-order valence-corrected chi connectivity index (χ0v) is 12.2. The van der Waals surface area contributed by atoms with Crippen molar-refractivity contribution in [1.82, 2.24) is 19.5 Å². The average Bonchev–Trinajstić information content (AvgIpc) is 2.85. The van der Waals surface area contributed by atoms with Gasteiger partial charge in [0, 0.05) is 0 Å². The lowest BCUT2D eigenvalue weighted by atomic mass is 9.58. The summed E-state index contributed by atoms with van der Waals surface area (Å²) in [5, 5.41) is 9.52. The molecule has 0 unspecified atom stereocenters. The van der Waals surface area contributed by atoms with Crippen molar-refractivity contribution in [3.63, 3.8) is 0 Å². The molecule has 5 rings (SSSR count). The SMILES string of the molecule is N#CC12CCC(n3c(=O)[nH]c4cnc(Cl)nc43)(CC1)CC2. The van der Waals surface area contributed by atoms with E-state index in [1.165, 1.54) is 0 Å². The molecule has 0 radical (unpaired) electrons. The number of nitrogens with one attached hydrogen (secondary N) is 1. The van der Waals surface area contributed by atoms with Crippen molar-refractivity contribution in [2.45, 2.75) is 44.1 Å². The molecule has 0 saturated heterocycles. The van der Waals surface area contributed by atoms with E-state index in [0.29, 0.717) is 11.2 Å². The topological polar surface area (TPSA) is 87.4 Å². The van der Waals surface area contributed by atoms with Crippen LogP contribution in [0.4, 0.5) is 0 Å². The van der Waals surface area contributed by atoms with Crippen LogP contribution in [-0.2, 0) is 5.54 Å². The minimum Gasteiger partial charge on any atom is -0.303 e. The number of rotatable bonds is 1. The fourth-order valence-corrected chi connectivity index (χ4v) is 4.12. The zero-order valence-electron chi connectivity index (χ0n) is 11.4. The van der Waals surface area contributed by atoms with Crippen LogP contribution in [0.5, 0.6) is 0 Å². The lowest BCUT2D eigenvalue weighted by molar-refractivity contribution is 0.0355. The Bertz CT molecular complexity index is 805. The Hall–Kier alpha value is -1.87. The van der Waals surface area contributed by atoms with Crippen LogP contribution < -0.4 is 5.69 Å². The van der Waals surface area contributed by atoms with Crippen LogP contribution in [0.1, 0.15) is 38.5 Å². The number of imidazole rings is 1. The highest BCUT2D eigenvalue weighted by Crippen LogP contribution is 2.55. The van der Waals surface area contributed by atoms with Crippen LogP contribution in [0.2, 0.25) is 5.28 Å². The summed E-state index contributed by atoms with van der Waals surface area (Å²) in [4.78, 5) is 23.4. The molecule has 0 atom stereocenters. The number of fused-ring (bicyclic) bond motifs is 4. The molecule has 2 aromatic rings. The second-order valence-electron chi connectivity index (χ2n) is 6.26. The summed E-state index contributed by atoms with van der Waals surface area (Å²) in [6.07, 6.45) is 6.62. The van der Waals surface area contributed by atoms with Crippen molar-refractivity contribution in [3.8, 4) is 6.07 Å². The third-order valence-electron chi connectivity index (χ3n) is 5.31. The van der Waals surface area contributed by atoms with Crippen molar-refractivity contribution in [2.75, 3.05) is 0 Å². The number of halogens is 1. The van der Waals surface area contributed by atoms with E-state index in [1.807, 2.05) is 0 Å². The number of nitriles is 1. The normalized spacial score (nSPS) is 31.4. The van der Waals surface area contributed by atoms with E-state index in [9.17, 15) is 10.1 Å². The molecule has 2 heterocycles. The number of aromatic nitrogens is 4. The molecular formula is C14H14ClN5O. The summed E-state index contributed by atoms with van der Waals surface area (Å²) in [5.74, 6) is 0. The maximum Gasteiger partial charge on any atom is 0.328 e. The molecule has 7 heteroatoms. The Labute approximate surface area is 125 Å². The van der Waals surface area contributed by atoms with Crippen LogP contribution in [0, 0.1) is 16.7 Å². The van der Waals surface area contributed by atoms with E-state index in [2.05, 4.69) is 21.0 Å². The summed E-state index contributed by atoms with van der Waals surface area (Å²) in [7, 11) is 0. The van der Waals surface area contributed by atoms with Crippen molar-refractivity contribution in [2.24, 2.45) is 5.41 Å². The first-order valence-corrected chi connectivity index (χ1v) is 7.50. The van der Waals surface area contributed by atoms with Crippen LogP contribution in [0.3, 0.4) is 0 Å². The molecule has 3 saturated carbocycles. The predicted octanol–water partition coefficient (Wildman–Crippen LogP) is 2.35. The quantitative estimate of drug-likeness (QED) is 0.819. The summed E-state index contributed by atoms with van der Waals surface area (Å²) in [5.41, 5.74) is 0.621. The fourth-order valence-electron chi connectivity index (χ4n) is 3.99. The molecule has 3 fully saturated rings. The molecule has 108 valence electrons. The van der Waals surface area contributed by atoms with Gasteiger partial charge in [-0.25, -0.2) is 9.78 Å². The molecule has 6 nitrogen and oxygen atoms in total. The molecular weight excluding hydrogens is 290 g/mol. The fraction of sp³-hybridized carbons (Fsp3) is 0.571. The summed E-state index contributed by atoms with van der Waals surface area (Å²) < 4.78 is 1.76. The first-order chi connectivity index (χ1) is 10.1. The van der Waals surface area contributed by atoms with Gasteiger partial charge in [-0.15, -0.1) is 0 Å². The van der Waals surface area contributed by atoms with Gasteiger partial charge in [0.15, 0.2) is 5.65 Å². The van der Waals surface area contributed by atoms with E-state index in [1.54, 1.807) is 10.8 Å². The van der Waals surface area contributed by atoms with Gasteiger partial charge in [0.2, 0.25) is 5.28 Å². The van der Waals surface area contributed by atoms with Gasteiger partial charge >= 0.3 is 5.69 Å². The van der Waals surface area contributed by atoms with Gasteiger partial charge in [-0.05, 0) is 50.1 Å². The molecule has 0 spiro atoms. The number of H-pyrrole nitrogens is 1. The van der Waals surface area contributed by atoms with Crippen LogP contribution in [0.15, 0.2) is 11.0 Å². The van der Waals surface area contributed by atoms with E-state index in [0.717, 1.165) is 38.5 Å². The molecule has 0 aromatic carbocycles. The summed E-state index contributed by atoms with van der Waals surface area (Å²) in [6, 6.07) is 2.49. The first kappa shape index (κ1) is 12.8. The number of hydrogen-bond donors (Lipinski definition) is 1. The molecule has 3 aliphatic carbocycles. The Morgan fingerprint density at radius 2 is 1.95 bits per heavy atom. The third kappa shape index (κ3) is 1.67. The minimum absolute atomic E-state index is 0.143. The van der Waals surface area contributed by atoms with Gasteiger partial charge in [-0.3, -0.25) is 4.57 Å². The Kier molecular flexibility index (Phi) is 2.49. The molecule has 0 amide bonds. The zero-order chi connectivity index (χ0) is 14.7. The van der Waals surface area contributed by atoms with Crippen LogP contribution >= 0.6 is 11.6 Å². The number of nitrogens with zero attached hydrogens (tertiary/aromatic N) is 4. The standard InChI is InChI=1S/C14H14ClN5O/c15-11-17-7-9-10(19-11)20(12(21)18-9)14-4-1-13(8-16,2-5-14)3-6-14/h7H,1-6H2,(H,18,21). The predicted molar refractivity (Wildman–Crippen MR) is 76.9 cm³/mol. The first-order valence-electron chi connectivity index (χ1n) is 7.13. The van der Waals surface area contributed by atoms with Crippen molar-refractivity contribution in [1.29, 1.82) is 5.26 Å². The van der Waals surface area contributed by atoms with E-state index >= 15 is 0 Å². The van der Waals surface area contributed by atoms with Gasteiger partial charge in [-0.2, -0.15) is 10.2 Å². The number of aromatic amines is 1. The van der Waals surface area contributed by atoms with Gasteiger partial charge in [0.25, 0.3) is 0 Å². The van der Waals surface area contributed by atoms with Gasteiger partial charge in [0.05, 0.1) is 23.2 Å². The summed E-state index contributed by atoms with van der Waals surface area (Å²) >= 11 is 5.89. The maximum atomic E-state index is 12.4. The molecule has 2 bridgehead atoms. The van der Waals surface area contributed by atoms with E-state index in [-0.39, 0.29) is 21.9 Å². The van der Waals surface area contributed by atoms with Gasteiger partial charge in [-0.1, -0.05) is 0 Å². The highest BCUT2D eigenvalue weighted by molar-refractivity contribution is 6.28. The van der Waals surface area contributed by atoms with E-state index < -0.39 is 0 Å². The Morgan fingerprint density at radius 3 is 2.57 bits per heavy atom. The molecule has 3 aliphatic rings. The maximum absolute atomic E-state index is 12.4. The lowest BCUT2D eigenvalue weighted by Crippen LogP contribution is -2.50. The smallest absolute Gasteiger partial charge is 0.303 e. The van der Waals surface area contributed by atoms with Crippen LogP contribution in [-0.4, -0.2) is 19.5 Å². The minimum atomic E-state index is -0.231. The highest BCUT2D eigenvalue weighted by Gasteiger charge is 2.51. The summed E-state index contributed by atoms with van der Waals surface area (Å²) in [6.45, 7) is 0. The molecule has 2 aromatic heterocycles. The lowest BCUT2D eigenvalue weighted by Gasteiger charge is -2.50. The van der Waals surface area contributed by atoms with E-state index in [4.69, 9.17) is 11.6 Å². The second kappa shape index (κ2) is 4.08. The highest BCUT2D eigenvalue weighted by atomic mass is 35.5. The van der Waals surface area contributed by atoms with Crippen molar-refractivity contribution >= 4 is 22.8 Å². The third-order valence-corrected chi connectivity index (χ3v) is 5.50. The second-order valence-corrected chi connectivity index (χ2v) is 6.60. The van der Waals surface area contributed by atoms with Crippen molar-refractivity contribution in [3.05, 3.63) is 22.0 Å². The molecule has 21 heavy (non-hydrogen) atoms. The monoisotopic (exact) mass is 303 g/mol. The average molecular weight is 304 g/mol. The van der Waals surface area contributed by atoms with Gasteiger partial charge in [0.1, 0.15) is 5.52 Å².